The van der Waals surface area contributed by atoms with Crippen molar-refractivity contribution in [1.82, 2.24) is 14.5 Å². The molecule has 0 unspecified atom stereocenters. The van der Waals surface area contributed by atoms with E-state index >= 15 is 0 Å². The van der Waals surface area contributed by atoms with Crippen LogP contribution in [0.1, 0.15) is 5.82 Å². The second kappa shape index (κ2) is 5.19. The summed E-state index contributed by atoms with van der Waals surface area (Å²) >= 11 is 0. The quantitative estimate of drug-likeness (QED) is 0.844. The van der Waals surface area contributed by atoms with Crippen LogP contribution in [0, 0.1) is 6.92 Å². The number of ether oxygens (including phenoxy) is 1. The third-order valence-electron chi connectivity index (χ3n) is 3.71. The second-order valence-electron chi connectivity index (χ2n) is 5.01. The first-order valence-electron chi connectivity index (χ1n) is 6.76. The summed E-state index contributed by atoms with van der Waals surface area (Å²) in [5, 5.41) is 0. The van der Waals surface area contributed by atoms with Gasteiger partial charge in [-0.2, -0.15) is 0 Å². The van der Waals surface area contributed by atoms with Gasteiger partial charge in [-0.1, -0.05) is 0 Å². The lowest BCUT2D eigenvalue weighted by Gasteiger charge is -2.26. The lowest BCUT2D eigenvalue weighted by atomic mass is 10.3. The summed E-state index contributed by atoms with van der Waals surface area (Å²) < 4.78 is 7.64. The Morgan fingerprint density at radius 2 is 2.05 bits per heavy atom. The van der Waals surface area contributed by atoms with E-state index in [1.54, 1.807) is 0 Å². The Morgan fingerprint density at radius 1 is 1.26 bits per heavy atom. The van der Waals surface area contributed by atoms with Gasteiger partial charge in [0.1, 0.15) is 5.82 Å². The van der Waals surface area contributed by atoms with Crippen LogP contribution in [-0.4, -0.2) is 47.3 Å². The summed E-state index contributed by atoms with van der Waals surface area (Å²) in [7, 11) is 0. The Morgan fingerprint density at radius 3 is 2.84 bits per heavy atom. The monoisotopic (exact) mass is 260 g/mol. The molecule has 1 aliphatic heterocycles. The number of hydrogen-bond acceptors (Lipinski definition) is 4. The zero-order chi connectivity index (χ0) is 13.2. The standard InChI is InChI=1S/C14H20N4O/c1-11-16-13-10-12(15)2-3-14(13)18(11)5-4-17-6-8-19-9-7-17/h2-3,10H,4-9,15H2,1H3. The van der Waals surface area contributed by atoms with Gasteiger partial charge in [0.25, 0.3) is 0 Å². The van der Waals surface area contributed by atoms with Crippen molar-refractivity contribution in [2.24, 2.45) is 0 Å². The van der Waals surface area contributed by atoms with Crippen LogP contribution in [0.3, 0.4) is 0 Å². The fourth-order valence-corrected chi connectivity index (χ4v) is 2.62. The third-order valence-corrected chi connectivity index (χ3v) is 3.71. The molecule has 0 amide bonds. The SMILES string of the molecule is Cc1nc2cc(N)ccc2n1CCN1CCOCC1. The molecule has 0 atom stereocenters. The number of nitrogens with two attached hydrogens (primary N) is 1. The molecule has 0 saturated carbocycles. The molecule has 2 aromatic rings. The van der Waals surface area contributed by atoms with Gasteiger partial charge >= 0.3 is 0 Å². The van der Waals surface area contributed by atoms with Gasteiger partial charge < -0.3 is 15.0 Å². The fourth-order valence-electron chi connectivity index (χ4n) is 2.62. The highest BCUT2D eigenvalue weighted by molar-refractivity contribution is 5.79. The van der Waals surface area contributed by atoms with Crippen LogP contribution in [0.5, 0.6) is 0 Å². The number of imidazole rings is 1. The number of fused-ring (bicyclic) bond motifs is 1. The molecule has 102 valence electrons. The summed E-state index contributed by atoms with van der Waals surface area (Å²) in [6.07, 6.45) is 0. The van der Waals surface area contributed by atoms with Crippen molar-refractivity contribution < 1.29 is 4.74 Å². The zero-order valence-electron chi connectivity index (χ0n) is 11.3. The zero-order valence-corrected chi connectivity index (χ0v) is 11.3. The number of anilines is 1. The molecule has 2 heterocycles. The van der Waals surface area contributed by atoms with E-state index in [-0.39, 0.29) is 0 Å². The van der Waals surface area contributed by atoms with Crippen molar-refractivity contribution in [2.45, 2.75) is 13.5 Å². The van der Waals surface area contributed by atoms with Crippen molar-refractivity contribution in [3.63, 3.8) is 0 Å². The number of hydrogen-bond donors (Lipinski definition) is 1. The number of aromatic nitrogens is 2. The maximum Gasteiger partial charge on any atom is 0.106 e. The predicted octanol–water partition coefficient (Wildman–Crippen LogP) is 1.26. The van der Waals surface area contributed by atoms with Crippen LogP contribution in [-0.2, 0) is 11.3 Å². The summed E-state index contributed by atoms with van der Waals surface area (Å²) in [5.74, 6) is 1.05. The van der Waals surface area contributed by atoms with Crippen LogP contribution < -0.4 is 5.73 Å². The Kier molecular flexibility index (Phi) is 3.40. The minimum absolute atomic E-state index is 0.769. The van der Waals surface area contributed by atoms with Crippen molar-refractivity contribution in [3.05, 3.63) is 24.0 Å². The molecule has 5 nitrogen and oxygen atoms in total. The second-order valence-corrected chi connectivity index (χ2v) is 5.01. The van der Waals surface area contributed by atoms with Gasteiger partial charge in [0.15, 0.2) is 0 Å². The average Bonchev–Trinajstić information content (AvgIpc) is 2.72. The van der Waals surface area contributed by atoms with E-state index in [0.717, 1.165) is 56.4 Å². The average molecular weight is 260 g/mol. The van der Waals surface area contributed by atoms with Gasteiger partial charge in [-0.25, -0.2) is 4.98 Å². The van der Waals surface area contributed by atoms with E-state index in [1.807, 2.05) is 12.1 Å². The molecule has 1 fully saturated rings. The Bertz CT molecular complexity index is 572. The topological polar surface area (TPSA) is 56.3 Å². The summed E-state index contributed by atoms with van der Waals surface area (Å²) in [6, 6.07) is 5.94. The number of aryl methyl sites for hydroxylation is 1. The molecular formula is C14H20N4O. The fraction of sp³-hybridized carbons (Fsp3) is 0.500. The van der Waals surface area contributed by atoms with E-state index in [9.17, 15) is 0 Å². The van der Waals surface area contributed by atoms with Gasteiger partial charge in [-0.15, -0.1) is 0 Å². The third kappa shape index (κ3) is 2.57. The minimum atomic E-state index is 0.769. The normalized spacial score (nSPS) is 17.1. The summed E-state index contributed by atoms with van der Waals surface area (Å²) in [4.78, 5) is 7.01. The molecule has 0 radical (unpaired) electrons. The molecule has 0 bridgehead atoms. The largest absolute Gasteiger partial charge is 0.399 e. The first-order chi connectivity index (χ1) is 9.24. The van der Waals surface area contributed by atoms with Crippen molar-refractivity contribution in [2.75, 3.05) is 38.6 Å². The number of benzene rings is 1. The lowest BCUT2D eigenvalue weighted by molar-refractivity contribution is 0.0364. The van der Waals surface area contributed by atoms with Crippen molar-refractivity contribution in [1.29, 1.82) is 0 Å². The molecule has 1 aromatic carbocycles. The molecule has 0 spiro atoms. The van der Waals surface area contributed by atoms with E-state index in [2.05, 4.69) is 27.4 Å². The molecular weight excluding hydrogens is 240 g/mol. The number of nitrogen functional groups attached to an aromatic ring is 1. The van der Waals surface area contributed by atoms with Crippen LogP contribution >= 0.6 is 0 Å². The van der Waals surface area contributed by atoms with Crippen LogP contribution in [0.25, 0.3) is 11.0 Å². The van der Waals surface area contributed by atoms with E-state index in [1.165, 1.54) is 5.52 Å². The van der Waals surface area contributed by atoms with Gasteiger partial charge in [-0.3, -0.25) is 4.90 Å². The summed E-state index contributed by atoms with van der Waals surface area (Å²) in [5.41, 5.74) is 8.72. The summed E-state index contributed by atoms with van der Waals surface area (Å²) in [6.45, 7) is 7.80. The predicted molar refractivity (Wildman–Crippen MR) is 76.1 cm³/mol. The van der Waals surface area contributed by atoms with E-state index < -0.39 is 0 Å². The lowest BCUT2D eigenvalue weighted by Crippen LogP contribution is -2.38. The molecule has 3 rings (SSSR count). The smallest absolute Gasteiger partial charge is 0.106 e. The van der Waals surface area contributed by atoms with Gasteiger partial charge in [-0.05, 0) is 25.1 Å². The van der Waals surface area contributed by atoms with Gasteiger partial charge in [0.05, 0.1) is 24.2 Å². The highest BCUT2D eigenvalue weighted by Crippen LogP contribution is 2.18. The molecule has 0 aliphatic carbocycles. The number of nitrogens with zero attached hydrogens (tertiary/aromatic N) is 3. The molecule has 1 aliphatic rings. The molecule has 1 saturated heterocycles. The first kappa shape index (κ1) is 12.4. The van der Waals surface area contributed by atoms with Gasteiger partial charge in [0, 0.05) is 31.9 Å². The maximum absolute atomic E-state index is 5.80. The first-order valence-corrected chi connectivity index (χ1v) is 6.76. The molecule has 19 heavy (non-hydrogen) atoms. The van der Waals surface area contributed by atoms with Crippen molar-refractivity contribution >= 4 is 16.7 Å². The van der Waals surface area contributed by atoms with Crippen molar-refractivity contribution in [3.8, 4) is 0 Å². The number of rotatable bonds is 3. The highest BCUT2D eigenvalue weighted by atomic mass is 16.5. The highest BCUT2D eigenvalue weighted by Gasteiger charge is 2.12. The Labute approximate surface area is 113 Å². The molecule has 5 heteroatoms. The van der Waals surface area contributed by atoms with E-state index in [4.69, 9.17) is 10.5 Å². The maximum atomic E-state index is 5.80. The minimum Gasteiger partial charge on any atom is -0.399 e. The van der Waals surface area contributed by atoms with Crippen LogP contribution in [0.15, 0.2) is 18.2 Å². The van der Waals surface area contributed by atoms with E-state index in [0.29, 0.717) is 0 Å². The Hall–Kier alpha value is -1.59. The van der Waals surface area contributed by atoms with Crippen LogP contribution in [0.2, 0.25) is 0 Å². The Balaban J connectivity index is 1.78. The molecule has 2 N–H and O–H groups in total. The number of morpholine rings is 1. The molecule has 1 aromatic heterocycles. The van der Waals surface area contributed by atoms with Gasteiger partial charge in [0.2, 0.25) is 0 Å². The van der Waals surface area contributed by atoms with Crippen LogP contribution in [0.4, 0.5) is 5.69 Å².